The van der Waals surface area contributed by atoms with Gasteiger partial charge < -0.3 is 26.1 Å². The molecular weight excluding hydrogens is 279 g/mol. The predicted octanol–water partition coefficient (Wildman–Crippen LogP) is -4.62. The maximum atomic E-state index is 11.1. The Morgan fingerprint density at radius 2 is 2.06 bits per heavy atom. The molecule has 1 aliphatic rings. The Bertz CT molecular complexity index is 499. The molecular formula is C5H9N6NaO5S. The number of nitro groups is 1. The van der Waals surface area contributed by atoms with Crippen LogP contribution < -0.4 is 35.2 Å². The largest absolute Gasteiger partial charge is 1.00 e. The Hall–Kier alpha value is -1.05. The fraction of sp³-hybridized carbons (Fsp3) is 0.200. The van der Waals surface area contributed by atoms with Crippen molar-refractivity contribution < 1.29 is 45.5 Å². The average Bonchev–Trinajstić information content (AvgIpc) is 2.52. The van der Waals surface area contributed by atoms with Crippen LogP contribution in [0.3, 0.4) is 0 Å². The number of fused-ring (bicyclic) bond motifs is 1. The van der Waals surface area contributed by atoms with Gasteiger partial charge in [0.2, 0.25) is 0 Å². The summed E-state index contributed by atoms with van der Waals surface area (Å²) in [6.07, 6.45) is 4.60. The van der Waals surface area contributed by atoms with Gasteiger partial charge in [0.25, 0.3) is 0 Å². The second-order valence-corrected chi connectivity index (χ2v) is 3.19. The monoisotopic (exact) mass is 288 g/mol. The summed E-state index contributed by atoms with van der Waals surface area (Å²) in [7, 11) is 0. The molecule has 13 heteroatoms. The van der Waals surface area contributed by atoms with Crippen molar-refractivity contribution in [2.45, 2.75) is 0 Å². The van der Waals surface area contributed by atoms with Gasteiger partial charge in [-0.05, 0) is 18.1 Å². The van der Waals surface area contributed by atoms with Crippen molar-refractivity contribution in [3.05, 3.63) is 32.2 Å². The van der Waals surface area contributed by atoms with Crippen LogP contribution in [0.25, 0.3) is 11.6 Å². The first-order valence-electron chi connectivity index (χ1n) is 3.73. The molecule has 0 saturated heterocycles. The molecule has 0 aromatic carbocycles. The van der Waals surface area contributed by atoms with Crippen LogP contribution in [-0.2, 0) is 0 Å². The summed E-state index contributed by atoms with van der Waals surface area (Å²) in [4.78, 5) is 25.3. The van der Waals surface area contributed by atoms with Crippen LogP contribution in [0.5, 0.6) is 0 Å². The van der Waals surface area contributed by atoms with Gasteiger partial charge >= 0.3 is 35.2 Å². The van der Waals surface area contributed by atoms with E-state index in [9.17, 15) is 14.9 Å². The van der Waals surface area contributed by atoms with E-state index in [4.69, 9.17) is 0 Å². The normalized spacial score (nSPS) is 11.3. The third-order valence-electron chi connectivity index (χ3n) is 1.64. The summed E-state index contributed by atoms with van der Waals surface area (Å²) >= 11 is 1.28. The zero-order valence-electron chi connectivity index (χ0n) is 9.47. The smallest absolute Gasteiger partial charge is 0.412 e. The van der Waals surface area contributed by atoms with Crippen LogP contribution in [0, 0.1) is 10.1 Å². The first-order valence-corrected chi connectivity index (χ1v) is 4.91. The van der Waals surface area contributed by atoms with Crippen LogP contribution in [0.4, 0.5) is 5.95 Å². The summed E-state index contributed by atoms with van der Waals surface area (Å²) in [5.74, 6) is -0.0199. The topological polar surface area (TPSA) is 163 Å². The van der Waals surface area contributed by atoms with Crippen molar-refractivity contribution >= 4 is 24.1 Å². The third-order valence-corrected chi connectivity index (χ3v) is 2.22. The van der Waals surface area contributed by atoms with Crippen LogP contribution in [0.15, 0.2) is 11.0 Å². The SMILES string of the molecule is CSN1C=Cn2c(nc(=O)n2[N+](=O)[O-])[N-]1.O.O.[Na+]. The van der Waals surface area contributed by atoms with Crippen LogP contribution in [0.2, 0.25) is 0 Å². The van der Waals surface area contributed by atoms with E-state index in [1.165, 1.54) is 28.8 Å². The summed E-state index contributed by atoms with van der Waals surface area (Å²) in [6, 6.07) is 0. The zero-order valence-corrected chi connectivity index (χ0v) is 12.3. The van der Waals surface area contributed by atoms with E-state index in [1.807, 2.05) is 0 Å². The second-order valence-electron chi connectivity index (χ2n) is 2.45. The Balaban J connectivity index is 0. The molecule has 0 unspecified atom stereocenters. The van der Waals surface area contributed by atoms with E-state index in [0.717, 1.165) is 4.68 Å². The Morgan fingerprint density at radius 1 is 1.44 bits per heavy atom. The van der Waals surface area contributed by atoms with E-state index in [-0.39, 0.29) is 51.2 Å². The van der Waals surface area contributed by atoms with Gasteiger partial charge in [-0.1, -0.05) is 4.79 Å². The number of rotatable bonds is 2. The van der Waals surface area contributed by atoms with Crippen LogP contribution in [0.1, 0.15) is 0 Å². The molecule has 0 amide bonds. The van der Waals surface area contributed by atoms with Crippen LogP contribution >= 0.6 is 11.9 Å². The van der Waals surface area contributed by atoms with E-state index in [2.05, 4.69) is 10.4 Å². The molecule has 0 saturated carbocycles. The number of hydrogen-bond donors (Lipinski definition) is 0. The number of nitrogens with zero attached hydrogens (tertiary/aromatic N) is 6. The summed E-state index contributed by atoms with van der Waals surface area (Å²) in [5, 5.41) is 9.67. The van der Waals surface area contributed by atoms with Crippen molar-refractivity contribution in [3.8, 4) is 0 Å². The summed E-state index contributed by atoms with van der Waals surface area (Å²) in [5.41, 5.74) is 2.90. The minimum absolute atomic E-state index is 0. The molecule has 0 fully saturated rings. The molecule has 0 spiro atoms. The Morgan fingerprint density at radius 3 is 2.56 bits per heavy atom. The maximum absolute atomic E-state index is 11.1. The molecule has 0 bridgehead atoms. The molecule has 96 valence electrons. The summed E-state index contributed by atoms with van der Waals surface area (Å²) in [6.45, 7) is 0. The van der Waals surface area contributed by atoms with Crippen molar-refractivity contribution in [2.24, 2.45) is 0 Å². The third kappa shape index (κ3) is 3.24. The predicted molar refractivity (Wildman–Crippen MR) is 59.8 cm³/mol. The Labute approximate surface area is 127 Å². The van der Waals surface area contributed by atoms with E-state index in [1.54, 1.807) is 6.26 Å². The van der Waals surface area contributed by atoms with Gasteiger partial charge in [0.05, 0.1) is 5.95 Å². The molecule has 2 rings (SSSR count). The fourth-order valence-corrected chi connectivity index (χ4v) is 1.38. The van der Waals surface area contributed by atoms with Gasteiger partial charge in [0, 0.05) is 17.5 Å². The quantitative estimate of drug-likeness (QED) is 0.230. The van der Waals surface area contributed by atoms with Gasteiger partial charge in [-0.25, -0.2) is 0 Å². The standard InChI is InChI=1S/C5H6N6O3S.Na.2H2O/c1-15-9-3-2-8-4(7-9)6-5(12)10(8)11(13)14;;;/h2-3H,1H3,(H,6,7,12);;2*1H2/q;+1;;/p-1. The van der Waals surface area contributed by atoms with E-state index in [0.29, 0.717) is 0 Å². The second kappa shape index (κ2) is 7.40. The van der Waals surface area contributed by atoms with Crippen molar-refractivity contribution in [1.82, 2.24) is 18.9 Å². The summed E-state index contributed by atoms with van der Waals surface area (Å²) < 4.78 is 2.40. The van der Waals surface area contributed by atoms with E-state index >= 15 is 0 Å². The number of hydrogen-bond acceptors (Lipinski definition) is 6. The first kappa shape index (κ1) is 19.3. The minimum Gasteiger partial charge on any atom is -0.412 e. The molecule has 11 nitrogen and oxygen atoms in total. The zero-order chi connectivity index (χ0) is 11.0. The number of aromatic nitrogens is 3. The molecule has 18 heavy (non-hydrogen) atoms. The fourth-order valence-electron chi connectivity index (χ4n) is 1.05. The molecule has 1 aliphatic heterocycles. The molecule has 1 aromatic heterocycles. The van der Waals surface area contributed by atoms with E-state index < -0.39 is 10.7 Å². The van der Waals surface area contributed by atoms with Crippen molar-refractivity contribution in [2.75, 3.05) is 6.26 Å². The molecule has 0 atom stereocenters. The minimum atomic E-state index is -0.966. The molecule has 0 aliphatic carbocycles. The van der Waals surface area contributed by atoms with Crippen molar-refractivity contribution in [3.63, 3.8) is 0 Å². The van der Waals surface area contributed by atoms with Crippen LogP contribution in [-0.4, -0.2) is 41.1 Å². The van der Waals surface area contributed by atoms with Gasteiger partial charge in [0.15, 0.2) is 0 Å². The van der Waals surface area contributed by atoms with Crippen molar-refractivity contribution in [1.29, 1.82) is 0 Å². The maximum Gasteiger partial charge on any atom is 1.00 e. The Kier molecular flexibility index (Phi) is 7.93. The average molecular weight is 288 g/mol. The molecule has 0 radical (unpaired) electrons. The molecule has 2 heterocycles. The molecule has 4 N–H and O–H groups in total. The van der Waals surface area contributed by atoms with Gasteiger partial charge in [-0.2, -0.15) is 0 Å². The van der Waals surface area contributed by atoms with Gasteiger partial charge in [-0.15, -0.1) is 0 Å². The van der Waals surface area contributed by atoms with Gasteiger partial charge in [0.1, 0.15) is 0 Å². The van der Waals surface area contributed by atoms with Gasteiger partial charge in [-0.3, -0.25) is 19.3 Å². The first-order chi connectivity index (χ1) is 7.13. The molecule has 1 aromatic rings.